The van der Waals surface area contributed by atoms with Crippen LogP contribution in [0, 0.1) is 6.92 Å². The van der Waals surface area contributed by atoms with Crippen LogP contribution in [0.1, 0.15) is 65.1 Å². The smallest absolute Gasteiger partial charge is 0.414 e. The van der Waals surface area contributed by atoms with Gasteiger partial charge in [0, 0.05) is 16.8 Å². The lowest BCUT2D eigenvalue weighted by atomic mass is 10.0. The van der Waals surface area contributed by atoms with Gasteiger partial charge in [-0.3, -0.25) is 20.2 Å². The molecule has 0 aliphatic carbocycles. The highest BCUT2D eigenvalue weighted by atomic mass is 16.6. The lowest BCUT2D eigenvalue weighted by molar-refractivity contribution is 0.0561. The van der Waals surface area contributed by atoms with Crippen LogP contribution in [0.25, 0.3) is 0 Å². The maximum absolute atomic E-state index is 13.4. The molecular formula is C41H48N4O7. The van der Waals surface area contributed by atoms with E-state index in [-0.39, 0.29) is 28.9 Å². The number of hydrogen-bond donors (Lipinski definition) is 3. The zero-order valence-corrected chi connectivity index (χ0v) is 31.1. The number of hydrogen-bond acceptors (Lipinski definition) is 8. The summed E-state index contributed by atoms with van der Waals surface area (Å²) in [4.78, 5) is 43.9. The first-order valence-corrected chi connectivity index (χ1v) is 16.6. The zero-order chi connectivity index (χ0) is 38.3. The summed E-state index contributed by atoms with van der Waals surface area (Å²) in [5, 5.41) is 8.08. The number of aliphatic imine (C=N–C) groups is 1. The number of alkyl carbamates (subject to hydrolysis) is 1. The van der Waals surface area contributed by atoms with Crippen LogP contribution < -0.4 is 30.2 Å². The van der Waals surface area contributed by atoms with Gasteiger partial charge in [0.2, 0.25) is 11.7 Å². The number of carbonyl (C=O) groups is 3. The predicted octanol–water partition coefficient (Wildman–Crippen LogP) is 8.19. The summed E-state index contributed by atoms with van der Waals surface area (Å²) in [5.74, 6) is -0.267. The Labute approximate surface area is 306 Å². The number of carbonyl (C=O) groups excluding carboxylic acids is 3. The van der Waals surface area contributed by atoms with Crippen molar-refractivity contribution in [2.75, 3.05) is 26.6 Å². The molecule has 3 N–H and O–H groups in total. The predicted molar refractivity (Wildman–Crippen MR) is 205 cm³/mol. The Balaban J connectivity index is 0.00000235. The number of anilines is 1. The highest BCUT2D eigenvalue weighted by molar-refractivity contribution is 6.10. The molecule has 0 radical (unpaired) electrons. The molecule has 4 rings (SSSR count). The molecule has 11 nitrogen and oxygen atoms in total. The molecule has 0 atom stereocenters. The van der Waals surface area contributed by atoms with Crippen LogP contribution in [0.2, 0.25) is 0 Å². The van der Waals surface area contributed by atoms with Gasteiger partial charge < -0.3 is 24.3 Å². The van der Waals surface area contributed by atoms with Crippen molar-refractivity contribution in [2.24, 2.45) is 4.99 Å². The van der Waals surface area contributed by atoms with Crippen LogP contribution >= 0.6 is 0 Å². The first-order valence-electron chi connectivity index (χ1n) is 16.6. The molecule has 52 heavy (non-hydrogen) atoms. The van der Waals surface area contributed by atoms with Gasteiger partial charge in [0.15, 0.2) is 11.5 Å². The Bertz CT molecular complexity index is 1840. The maximum atomic E-state index is 13.4. The van der Waals surface area contributed by atoms with Crippen molar-refractivity contribution in [1.29, 1.82) is 0 Å². The third-order valence-corrected chi connectivity index (χ3v) is 7.25. The number of amides is 3. The van der Waals surface area contributed by atoms with Crippen molar-refractivity contribution in [3.8, 4) is 17.2 Å². The van der Waals surface area contributed by atoms with Crippen LogP contribution in [-0.2, 0) is 17.6 Å². The number of aryl methyl sites for hydroxylation is 3. The Morgan fingerprint density at radius 1 is 0.750 bits per heavy atom. The Kier molecular flexibility index (Phi) is 15.0. The van der Waals surface area contributed by atoms with E-state index in [4.69, 9.17) is 18.9 Å². The van der Waals surface area contributed by atoms with Crippen molar-refractivity contribution < 1.29 is 33.3 Å². The second kappa shape index (κ2) is 19.3. The summed E-state index contributed by atoms with van der Waals surface area (Å²) in [5.41, 5.74) is 3.87. The quantitative estimate of drug-likeness (QED) is 0.0859. The number of rotatable bonds is 10. The molecule has 274 valence electrons. The lowest BCUT2D eigenvalue weighted by Gasteiger charge is -2.20. The van der Waals surface area contributed by atoms with Crippen molar-refractivity contribution in [3.05, 3.63) is 125 Å². The monoisotopic (exact) mass is 708 g/mol. The molecule has 11 heteroatoms. The van der Waals surface area contributed by atoms with Gasteiger partial charge in [-0.2, -0.15) is 0 Å². The fourth-order valence-electron chi connectivity index (χ4n) is 4.77. The van der Waals surface area contributed by atoms with E-state index in [0.29, 0.717) is 22.7 Å². The van der Waals surface area contributed by atoms with E-state index in [2.05, 4.69) is 39.7 Å². The Hall–Kier alpha value is -6.10. The topological polar surface area (TPSA) is 137 Å². The average Bonchev–Trinajstić information content (AvgIpc) is 3.11. The number of benzene rings is 4. The molecule has 0 unspecified atom stereocenters. The molecule has 0 heterocycles. The van der Waals surface area contributed by atoms with E-state index < -0.39 is 17.6 Å². The van der Waals surface area contributed by atoms with Gasteiger partial charge in [0.05, 0.1) is 27.0 Å². The van der Waals surface area contributed by atoms with E-state index in [1.165, 1.54) is 39.0 Å². The number of allylic oxidation sites excluding steroid dienone is 1. The van der Waals surface area contributed by atoms with Gasteiger partial charge in [-0.15, -0.1) is 6.58 Å². The molecule has 0 aliphatic heterocycles. The molecule has 0 saturated heterocycles. The van der Waals surface area contributed by atoms with Crippen LogP contribution in [-0.4, -0.2) is 50.8 Å². The average molecular weight is 709 g/mol. The van der Waals surface area contributed by atoms with Gasteiger partial charge in [0.25, 0.3) is 11.8 Å². The third kappa shape index (κ3) is 12.3. The fraction of sp³-hybridized carbons (Fsp3) is 0.268. The normalized spacial score (nSPS) is 10.9. The second-order valence-electron chi connectivity index (χ2n) is 12.5. The standard InChI is InChI=1S/C38H42N4O7.C3H6/c1-24-13-20-29(23-30(24)40-34(43)27-18-16-26(17-19-27)15-14-25-11-9-8-10-12-25)39-36(42-37(45)49-38(2,3)4)41-35(44)28-21-31(46-5)33(48-7)32(22-28)47-6;1-3-2/h8-13,16-23H,14-15H2,1-7H3,(H,40,43)(H2,39,41,42,44,45);3H,1H2,2H3. The Morgan fingerprint density at radius 3 is 1.87 bits per heavy atom. The maximum Gasteiger partial charge on any atom is 0.414 e. The van der Waals surface area contributed by atoms with Crippen LogP contribution in [0.5, 0.6) is 17.2 Å². The number of nitrogens with zero attached hydrogens (tertiary/aromatic N) is 1. The van der Waals surface area contributed by atoms with Gasteiger partial charge in [-0.25, -0.2) is 9.79 Å². The van der Waals surface area contributed by atoms with Crippen LogP contribution in [0.3, 0.4) is 0 Å². The van der Waals surface area contributed by atoms with E-state index in [0.717, 1.165) is 24.0 Å². The lowest BCUT2D eigenvalue weighted by Crippen LogP contribution is -2.45. The van der Waals surface area contributed by atoms with Crippen molar-refractivity contribution in [3.63, 3.8) is 0 Å². The van der Waals surface area contributed by atoms with Crippen LogP contribution in [0.15, 0.2) is 103 Å². The number of nitrogens with one attached hydrogen (secondary N) is 3. The summed E-state index contributed by atoms with van der Waals surface area (Å²) >= 11 is 0. The SMILES string of the molecule is C=CC.COc1cc(C(=O)NC(=Nc2ccc(C)c(NC(=O)c3ccc(CCc4ccccc4)cc3)c2)NC(=O)OC(C)(C)C)cc(OC)c1OC. The summed E-state index contributed by atoms with van der Waals surface area (Å²) in [6.07, 6.45) is 2.69. The van der Waals surface area contributed by atoms with Gasteiger partial charge in [-0.1, -0.05) is 54.6 Å². The molecule has 0 fully saturated rings. The minimum absolute atomic E-state index is 0.149. The summed E-state index contributed by atoms with van der Waals surface area (Å²) in [6, 6.07) is 25.8. The molecule has 0 saturated carbocycles. The molecule has 4 aromatic rings. The number of guanidine groups is 1. The first-order chi connectivity index (χ1) is 24.8. The molecule has 0 aromatic heterocycles. The van der Waals surface area contributed by atoms with Crippen molar-refractivity contribution >= 4 is 35.2 Å². The minimum atomic E-state index is -0.829. The Morgan fingerprint density at radius 2 is 1.33 bits per heavy atom. The van der Waals surface area contributed by atoms with E-state index in [1.54, 1.807) is 57.2 Å². The first kappa shape index (κ1) is 40.3. The largest absolute Gasteiger partial charge is 0.493 e. The van der Waals surface area contributed by atoms with Gasteiger partial charge in [-0.05, 0) is 101 Å². The summed E-state index contributed by atoms with van der Waals surface area (Å²) in [6.45, 7) is 12.2. The van der Waals surface area contributed by atoms with Gasteiger partial charge >= 0.3 is 6.09 Å². The fourth-order valence-corrected chi connectivity index (χ4v) is 4.77. The molecule has 0 bridgehead atoms. The highest BCUT2D eigenvalue weighted by Crippen LogP contribution is 2.38. The number of methoxy groups -OCH3 is 3. The summed E-state index contributed by atoms with van der Waals surface area (Å²) in [7, 11) is 4.33. The zero-order valence-electron chi connectivity index (χ0n) is 31.1. The highest BCUT2D eigenvalue weighted by Gasteiger charge is 2.21. The second-order valence-corrected chi connectivity index (χ2v) is 12.5. The van der Waals surface area contributed by atoms with E-state index >= 15 is 0 Å². The molecule has 3 amide bonds. The van der Waals surface area contributed by atoms with Crippen molar-refractivity contribution in [2.45, 2.75) is 53.1 Å². The van der Waals surface area contributed by atoms with E-state index in [1.807, 2.05) is 44.2 Å². The van der Waals surface area contributed by atoms with Gasteiger partial charge in [0.1, 0.15) is 5.60 Å². The summed E-state index contributed by atoms with van der Waals surface area (Å²) < 4.78 is 21.5. The number of ether oxygens (including phenoxy) is 4. The van der Waals surface area contributed by atoms with Crippen LogP contribution in [0.4, 0.5) is 16.2 Å². The molecule has 4 aromatic carbocycles. The molecule has 0 aliphatic rings. The van der Waals surface area contributed by atoms with Crippen molar-refractivity contribution in [1.82, 2.24) is 10.6 Å². The third-order valence-electron chi connectivity index (χ3n) is 7.25. The molecule has 0 spiro atoms. The molecular weight excluding hydrogens is 660 g/mol. The minimum Gasteiger partial charge on any atom is -0.493 e. The van der Waals surface area contributed by atoms with E-state index in [9.17, 15) is 14.4 Å².